The molecule has 1 atom stereocenters. The summed E-state index contributed by atoms with van der Waals surface area (Å²) >= 11 is 6.04. The van der Waals surface area contributed by atoms with Crippen LogP contribution in [-0.2, 0) is 0 Å². The van der Waals surface area contributed by atoms with Crippen molar-refractivity contribution in [3.63, 3.8) is 0 Å². The Kier molecular flexibility index (Phi) is 4.50. The number of nitro groups is 1. The standard InChI is InChI=1S/C15H13ClN6O2/c1-17-14(10-4-2-7-13(8-10)22(23)24)15-18-19-20-21(15)12-6-3-5-11(16)9-12/h2-9,14,17H,1H3/p+1/t14-/m0/s1. The fourth-order valence-electron chi connectivity index (χ4n) is 2.50. The van der Waals surface area contributed by atoms with Crippen LogP contribution in [0.5, 0.6) is 0 Å². The number of hydrogen-bond acceptors (Lipinski definition) is 5. The van der Waals surface area contributed by atoms with E-state index in [9.17, 15) is 10.1 Å². The normalized spacial score (nSPS) is 12.1. The lowest BCUT2D eigenvalue weighted by molar-refractivity contribution is -0.662. The van der Waals surface area contributed by atoms with Crippen molar-refractivity contribution in [2.45, 2.75) is 6.04 Å². The van der Waals surface area contributed by atoms with Gasteiger partial charge < -0.3 is 5.32 Å². The van der Waals surface area contributed by atoms with Crippen LogP contribution in [-0.4, -0.2) is 32.2 Å². The lowest BCUT2D eigenvalue weighted by atomic mass is 10.1. The summed E-state index contributed by atoms with van der Waals surface area (Å²) in [6, 6.07) is 13.3. The monoisotopic (exact) mass is 345 g/mol. The summed E-state index contributed by atoms with van der Waals surface area (Å²) in [4.78, 5) is 10.6. The molecule has 0 fully saturated rings. The number of nitro benzene ring substituents is 1. The van der Waals surface area contributed by atoms with Crippen molar-refractivity contribution in [3.05, 3.63) is 75.1 Å². The fraction of sp³-hybridized carbons (Fsp3) is 0.133. The van der Waals surface area contributed by atoms with Crippen LogP contribution < -0.4 is 5.32 Å². The third-order valence-corrected chi connectivity index (χ3v) is 3.83. The predicted octanol–water partition coefficient (Wildman–Crippen LogP) is 1.51. The van der Waals surface area contributed by atoms with Crippen LogP contribution in [0.2, 0.25) is 5.02 Å². The summed E-state index contributed by atoms with van der Waals surface area (Å²) < 4.78 is 1.58. The van der Waals surface area contributed by atoms with Gasteiger partial charge in [-0.1, -0.05) is 29.8 Å². The van der Waals surface area contributed by atoms with E-state index in [0.29, 0.717) is 10.8 Å². The molecule has 0 saturated heterocycles. The van der Waals surface area contributed by atoms with E-state index >= 15 is 0 Å². The Morgan fingerprint density at radius 3 is 2.75 bits per heavy atom. The molecule has 8 nitrogen and oxygen atoms in total. The molecule has 0 saturated carbocycles. The molecular weight excluding hydrogens is 332 g/mol. The second kappa shape index (κ2) is 6.73. The second-order valence-electron chi connectivity index (χ2n) is 5.09. The number of quaternary nitrogens is 1. The zero-order valence-corrected chi connectivity index (χ0v) is 13.5. The molecule has 24 heavy (non-hydrogen) atoms. The number of nitrogens with two attached hydrogens (primary N) is 1. The third-order valence-electron chi connectivity index (χ3n) is 3.60. The number of nitrogens with zero attached hydrogens (tertiary/aromatic N) is 5. The number of rotatable bonds is 5. The predicted molar refractivity (Wildman–Crippen MR) is 87.0 cm³/mol. The summed E-state index contributed by atoms with van der Waals surface area (Å²) in [5.41, 5.74) is 1.49. The molecule has 0 aliphatic carbocycles. The quantitative estimate of drug-likeness (QED) is 0.557. The molecule has 122 valence electrons. The maximum Gasteiger partial charge on any atom is 0.269 e. The number of non-ortho nitro benzene ring substituents is 1. The molecule has 1 heterocycles. The van der Waals surface area contributed by atoms with Gasteiger partial charge in [0.25, 0.3) is 5.69 Å². The van der Waals surface area contributed by atoms with Crippen molar-refractivity contribution in [1.29, 1.82) is 0 Å². The van der Waals surface area contributed by atoms with Crippen molar-refractivity contribution in [1.82, 2.24) is 20.2 Å². The minimum absolute atomic E-state index is 0.0288. The minimum Gasteiger partial charge on any atom is -0.336 e. The molecule has 0 amide bonds. The Hall–Kier alpha value is -2.84. The van der Waals surface area contributed by atoms with Crippen LogP contribution in [0.4, 0.5) is 5.69 Å². The molecule has 2 aromatic carbocycles. The fourth-order valence-corrected chi connectivity index (χ4v) is 2.69. The lowest BCUT2D eigenvalue weighted by Crippen LogP contribution is -2.81. The van der Waals surface area contributed by atoms with E-state index in [4.69, 9.17) is 11.6 Å². The molecule has 0 radical (unpaired) electrons. The Labute approximate surface area is 142 Å². The molecule has 3 rings (SSSR count). The van der Waals surface area contributed by atoms with Gasteiger partial charge in [-0.25, -0.2) is 0 Å². The van der Waals surface area contributed by atoms with Crippen molar-refractivity contribution in [2.75, 3.05) is 7.05 Å². The van der Waals surface area contributed by atoms with Gasteiger partial charge in [0.15, 0.2) is 6.04 Å². The zero-order valence-electron chi connectivity index (χ0n) is 12.7. The summed E-state index contributed by atoms with van der Waals surface area (Å²) in [7, 11) is 1.86. The van der Waals surface area contributed by atoms with Crippen molar-refractivity contribution >= 4 is 17.3 Å². The van der Waals surface area contributed by atoms with E-state index in [1.165, 1.54) is 12.1 Å². The topological polar surface area (TPSA) is 103 Å². The first-order chi connectivity index (χ1) is 11.6. The summed E-state index contributed by atoms with van der Waals surface area (Å²) in [6.45, 7) is 0. The maximum absolute atomic E-state index is 11.0. The molecular formula is C15H14ClN6O2+. The van der Waals surface area contributed by atoms with Gasteiger partial charge in [-0.05, 0) is 28.6 Å². The Bertz CT molecular complexity index is 882. The highest BCUT2D eigenvalue weighted by Gasteiger charge is 2.25. The molecule has 0 spiro atoms. The largest absolute Gasteiger partial charge is 0.336 e. The summed E-state index contributed by atoms with van der Waals surface area (Å²) in [6.07, 6.45) is 0. The number of halogens is 1. The number of benzene rings is 2. The van der Waals surface area contributed by atoms with E-state index in [0.717, 1.165) is 11.3 Å². The van der Waals surface area contributed by atoms with Crippen molar-refractivity contribution < 1.29 is 10.2 Å². The Morgan fingerprint density at radius 2 is 2.04 bits per heavy atom. The highest BCUT2D eigenvalue weighted by Crippen LogP contribution is 2.23. The zero-order chi connectivity index (χ0) is 17.1. The van der Waals surface area contributed by atoms with Gasteiger partial charge in [-0.15, -0.1) is 5.10 Å². The average molecular weight is 346 g/mol. The highest BCUT2D eigenvalue weighted by molar-refractivity contribution is 6.30. The van der Waals surface area contributed by atoms with Crippen LogP contribution >= 0.6 is 11.6 Å². The first-order valence-corrected chi connectivity index (χ1v) is 7.56. The van der Waals surface area contributed by atoms with Crippen LogP contribution in [0, 0.1) is 10.1 Å². The summed E-state index contributed by atoms with van der Waals surface area (Å²) in [5, 5.41) is 25.3. The molecule has 0 aliphatic rings. The van der Waals surface area contributed by atoms with Gasteiger partial charge in [0.1, 0.15) is 0 Å². The van der Waals surface area contributed by atoms with Gasteiger partial charge in [-0.2, -0.15) is 4.68 Å². The Balaban J connectivity index is 2.06. The van der Waals surface area contributed by atoms with E-state index in [1.54, 1.807) is 28.9 Å². The van der Waals surface area contributed by atoms with Crippen LogP contribution in [0.3, 0.4) is 0 Å². The van der Waals surface area contributed by atoms with Gasteiger partial charge in [0.05, 0.1) is 17.7 Å². The van der Waals surface area contributed by atoms with Crippen LogP contribution in [0.15, 0.2) is 48.5 Å². The van der Waals surface area contributed by atoms with E-state index in [2.05, 4.69) is 15.5 Å². The van der Waals surface area contributed by atoms with E-state index in [-0.39, 0.29) is 11.7 Å². The smallest absolute Gasteiger partial charge is 0.269 e. The highest BCUT2D eigenvalue weighted by atomic mass is 35.5. The van der Waals surface area contributed by atoms with E-state index in [1.807, 2.05) is 24.5 Å². The summed E-state index contributed by atoms with van der Waals surface area (Å²) in [5.74, 6) is 0.556. The maximum atomic E-state index is 11.0. The number of tetrazole rings is 1. The van der Waals surface area contributed by atoms with Crippen LogP contribution in [0.1, 0.15) is 17.4 Å². The SMILES string of the molecule is C[NH2+][C@@H](c1cccc([N+](=O)[O-])c1)c1nnnn1-c1cccc(Cl)c1. The Morgan fingerprint density at radius 1 is 1.25 bits per heavy atom. The first kappa shape index (κ1) is 16.0. The second-order valence-corrected chi connectivity index (χ2v) is 5.53. The number of hydrogen-bond donors (Lipinski definition) is 1. The van der Waals surface area contributed by atoms with Crippen molar-refractivity contribution in [3.8, 4) is 5.69 Å². The van der Waals surface area contributed by atoms with Crippen LogP contribution in [0.25, 0.3) is 5.69 Å². The molecule has 1 aromatic heterocycles. The van der Waals surface area contributed by atoms with E-state index < -0.39 is 4.92 Å². The van der Waals surface area contributed by atoms with Gasteiger partial charge in [0, 0.05) is 22.7 Å². The third kappa shape index (κ3) is 3.10. The first-order valence-electron chi connectivity index (χ1n) is 7.18. The lowest BCUT2D eigenvalue weighted by Gasteiger charge is -2.13. The molecule has 0 unspecified atom stereocenters. The number of aromatic nitrogens is 4. The molecule has 3 aromatic rings. The van der Waals surface area contributed by atoms with Crippen molar-refractivity contribution in [2.24, 2.45) is 0 Å². The molecule has 2 N–H and O–H groups in total. The van der Waals surface area contributed by atoms with Gasteiger partial charge in [0.2, 0.25) is 5.82 Å². The average Bonchev–Trinajstić information content (AvgIpc) is 3.05. The molecule has 0 aliphatic heterocycles. The minimum atomic E-state index is -0.420. The van der Waals surface area contributed by atoms with Gasteiger partial charge in [-0.3, -0.25) is 10.1 Å². The molecule has 9 heteroatoms. The molecule has 0 bridgehead atoms. The van der Waals surface area contributed by atoms with Gasteiger partial charge >= 0.3 is 0 Å².